The van der Waals surface area contributed by atoms with Gasteiger partial charge in [0.05, 0.1) is 6.10 Å². The van der Waals surface area contributed by atoms with Crippen molar-refractivity contribution in [3.8, 4) is 0 Å². The van der Waals surface area contributed by atoms with Crippen molar-refractivity contribution >= 4 is 0 Å². The number of nitrogens with one attached hydrogen (secondary N) is 1. The SMILES string of the molecule is CCCCC/C=C\C/C=C\CCCCCC(O)CCNCCCN. The summed E-state index contributed by atoms with van der Waals surface area (Å²) in [6.45, 7) is 4.84. The van der Waals surface area contributed by atoms with Crippen LogP contribution in [0.1, 0.15) is 84.0 Å². The maximum Gasteiger partial charge on any atom is 0.0552 e. The van der Waals surface area contributed by atoms with Gasteiger partial charge in [-0.25, -0.2) is 0 Å². The molecule has 1 atom stereocenters. The Labute approximate surface area is 150 Å². The Kier molecular flexibility index (Phi) is 19.9. The molecular weight excluding hydrogens is 296 g/mol. The first kappa shape index (κ1) is 23.4. The predicted octanol–water partition coefficient (Wildman–Crippen LogP) is 4.71. The standard InChI is InChI=1S/C21H42N2O/c1-2-3-4-5-6-7-8-9-10-11-12-13-14-16-21(24)17-20-23-19-15-18-22/h6-7,9-10,21,23-24H,2-5,8,11-20,22H2,1H3/b7-6-,10-9-. The first-order chi connectivity index (χ1) is 11.8. The maximum atomic E-state index is 9.90. The molecule has 0 aliphatic carbocycles. The number of hydrogen-bond acceptors (Lipinski definition) is 3. The highest BCUT2D eigenvalue weighted by molar-refractivity contribution is 4.92. The topological polar surface area (TPSA) is 58.3 Å². The molecule has 0 aromatic carbocycles. The number of allylic oxidation sites excluding steroid dienone is 4. The molecular formula is C21H42N2O. The van der Waals surface area contributed by atoms with E-state index in [1.807, 2.05) is 0 Å². The fourth-order valence-corrected chi connectivity index (χ4v) is 2.60. The average Bonchev–Trinajstić information content (AvgIpc) is 2.59. The lowest BCUT2D eigenvalue weighted by Gasteiger charge is -2.10. The van der Waals surface area contributed by atoms with E-state index >= 15 is 0 Å². The summed E-state index contributed by atoms with van der Waals surface area (Å²) in [7, 11) is 0. The highest BCUT2D eigenvalue weighted by atomic mass is 16.3. The third kappa shape index (κ3) is 19.4. The van der Waals surface area contributed by atoms with Gasteiger partial charge in [-0.2, -0.15) is 0 Å². The number of rotatable bonds is 18. The van der Waals surface area contributed by atoms with Crippen LogP contribution in [0.5, 0.6) is 0 Å². The van der Waals surface area contributed by atoms with E-state index in [9.17, 15) is 5.11 Å². The van der Waals surface area contributed by atoms with E-state index in [-0.39, 0.29) is 6.10 Å². The van der Waals surface area contributed by atoms with Gasteiger partial charge in [0.15, 0.2) is 0 Å². The zero-order chi connectivity index (χ0) is 17.7. The summed E-state index contributed by atoms with van der Waals surface area (Å²) in [5.74, 6) is 0. The highest BCUT2D eigenvalue weighted by Gasteiger charge is 2.02. The Morgan fingerprint density at radius 1 is 0.833 bits per heavy atom. The molecule has 3 heteroatoms. The van der Waals surface area contributed by atoms with Gasteiger partial charge in [0.25, 0.3) is 0 Å². The van der Waals surface area contributed by atoms with Crippen LogP contribution >= 0.6 is 0 Å². The summed E-state index contributed by atoms with van der Waals surface area (Å²) in [6.07, 6.45) is 22.8. The molecule has 4 N–H and O–H groups in total. The van der Waals surface area contributed by atoms with Crippen LogP contribution in [0.2, 0.25) is 0 Å². The molecule has 0 aliphatic heterocycles. The average molecular weight is 339 g/mol. The number of unbranched alkanes of at least 4 members (excludes halogenated alkanes) is 6. The Balaban J connectivity index is 3.27. The van der Waals surface area contributed by atoms with Crippen LogP contribution in [0.4, 0.5) is 0 Å². The van der Waals surface area contributed by atoms with Gasteiger partial charge < -0.3 is 16.2 Å². The fraction of sp³-hybridized carbons (Fsp3) is 0.810. The molecule has 0 aliphatic rings. The van der Waals surface area contributed by atoms with Crippen molar-refractivity contribution in [3.05, 3.63) is 24.3 Å². The Bertz CT molecular complexity index is 290. The van der Waals surface area contributed by atoms with Gasteiger partial charge in [-0.05, 0) is 71.0 Å². The highest BCUT2D eigenvalue weighted by Crippen LogP contribution is 2.08. The minimum Gasteiger partial charge on any atom is -0.393 e. The summed E-state index contributed by atoms with van der Waals surface area (Å²) in [6, 6.07) is 0. The summed E-state index contributed by atoms with van der Waals surface area (Å²) in [4.78, 5) is 0. The van der Waals surface area contributed by atoms with Crippen LogP contribution in [0, 0.1) is 0 Å². The molecule has 0 radical (unpaired) electrons. The van der Waals surface area contributed by atoms with E-state index in [1.54, 1.807) is 0 Å². The molecule has 0 aromatic heterocycles. The number of aliphatic hydroxyl groups excluding tert-OH is 1. The lowest BCUT2D eigenvalue weighted by molar-refractivity contribution is 0.150. The van der Waals surface area contributed by atoms with E-state index in [0.29, 0.717) is 0 Å². The van der Waals surface area contributed by atoms with Gasteiger partial charge in [-0.3, -0.25) is 0 Å². The quantitative estimate of drug-likeness (QED) is 0.250. The molecule has 0 bridgehead atoms. The van der Waals surface area contributed by atoms with Gasteiger partial charge >= 0.3 is 0 Å². The van der Waals surface area contributed by atoms with Crippen LogP contribution in [-0.4, -0.2) is 30.8 Å². The summed E-state index contributed by atoms with van der Waals surface area (Å²) in [5.41, 5.74) is 5.43. The molecule has 0 rings (SSSR count). The third-order valence-corrected chi connectivity index (χ3v) is 4.20. The van der Waals surface area contributed by atoms with Gasteiger partial charge in [0.1, 0.15) is 0 Å². The normalized spacial score (nSPS) is 13.3. The molecule has 1 unspecified atom stereocenters. The second-order valence-electron chi connectivity index (χ2n) is 6.65. The minimum absolute atomic E-state index is 0.149. The summed E-state index contributed by atoms with van der Waals surface area (Å²) < 4.78 is 0. The summed E-state index contributed by atoms with van der Waals surface area (Å²) >= 11 is 0. The number of nitrogens with two attached hydrogens (primary N) is 1. The summed E-state index contributed by atoms with van der Waals surface area (Å²) in [5, 5.41) is 13.2. The minimum atomic E-state index is -0.149. The van der Waals surface area contributed by atoms with Crippen molar-refractivity contribution in [2.24, 2.45) is 5.73 Å². The van der Waals surface area contributed by atoms with Gasteiger partial charge in [0, 0.05) is 0 Å². The van der Waals surface area contributed by atoms with Crippen LogP contribution < -0.4 is 11.1 Å². The maximum absolute atomic E-state index is 9.90. The monoisotopic (exact) mass is 338 g/mol. The van der Waals surface area contributed by atoms with Crippen molar-refractivity contribution in [3.63, 3.8) is 0 Å². The van der Waals surface area contributed by atoms with Crippen molar-refractivity contribution in [1.82, 2.24) is 5.32 Å². The Morgan fingerprint density at radius 2 is 1.54 bits per heavy atom. The third-order valence-electron chi connectivity index (χ3n) is 4.20. The molecule has 0 amide bonds. The smallest absolute Gasteiger partial charge is 0.0552 e. The van der Waals surface area contributed by atoms with E-state index in [0.717, 1.165) is 51.7 Å². The van der Waals surface area contributed by atoms with Crippen LogP contribution in [-0.2, 0) is 0 Å². The number of aliphatic hydroxyl groups is 1. The molecule has 142 valence electrons. The molecule has 3 nitrogen and oxygen atoms in total. The van der Waals surface area contributed by atoms with Crippen molar-refractivity contribution in [2.45, 2.75) is 90.1 Å². The largest absolute Gasteiger partial charge is 0.393 e. The first-order valence-corrected chi connectivity index (χ1v) is 10.2. The first-order valence-electron chi connectivity index (χ1n) is 10.2. The molecule has 0 saturated heterocycles. The lowest BCUT2D eigenvalue weighted by atomic mass is 10.1. The van der Waals surface area contributed by atoms with Gasteiger partial charge in [-0.15, -0.1) is 0 Å². The molecule has 0 aromatic rings. The van der Waals surface area contributed by atoms with E-state index in [2.05, 4.69) is 36.5 Å². The molecule has 0 spiro atoms. The fourth-order valence-electron chi connectivity index (χ4n) is 2.60. The van der Waals surface area contributed by atoms with E-state index in [1.165, 1.54) is 44.9 Å². The second kappa shape index (κ2) is 20.4. The zero-order valence-corrected chi connectivity index (χ0v) is 16.0. The van der Waals surface area contributed by atoms with Crippen LogP contribution in [0.3, 0.4) is 0 Å². The Morgan fingerprint density at radius 3 is 2.21 bits per heavy atom. The molecule has 24 heavy (non-hydrogen) atoms. The molecule has 0 heterocycles. The second-order valence-corrected chi connectivity index (χ2v) is 6.65. The van der Waals surface area contributed by atoms with Gasteiger partial charge in [0.2, 0.25) is 0 Å². The van der Waals surface area contributed by atoms with Crippen molar-refractivity contribution in [1.29, 1.82) is 0 Å². The predicted molar refractivity (Wildman–Crippen MR) is 107 cm³/mol. The molecule has 0 fully saturated rings. The van der Waals surface area contributed by atoms with Crippen molar-refractivity contribution in [2.75, 3.05) is 19.6 Å². The van der Waals surface area contributed by atoms with Crippen molar-refractivity contribution < 1.29 is 5.11 Å². The lowest BCUT2D eigenvalue weighted by Crippen LogP contribution is -2.23. The Hall–Kier alpha value is -0.640. The number of hydrogen-bond donors (Lipinski definition) is 3. The zero-order valence-electron chi connectivity index (χ0n) is 16.0. The van der Waals surface area contributed by atoms with Gasteiger partial charge in [-0.1, -0.05) is 56.9 Å². The molecule has 0 saturated carbocycles. The van der Waals surface area contributed by atoms with E-state index in [4.69, 9.17) is 5.73 Å². The van der Waals surface area contributed by atoms with Crippen LogP contribution in [0.25, 0.3) is 0 Å². The van der Waals surface area contributed by atoms with Crippen LogP contribution in [0.15, 0.2) is 24.3 Å². The van der Waals surface area contributed by atoms with E-state index < -0.39 is 0 Å².